The van der Waals surface area contributed by atoms with Crippen molar-refractivity contribution in [3.8, 4) is 11.4 Å². The second-order valence-corrected chi connectivity index (χ2v) is 3.84. The summed E-state index contributed by atoms with van der Waals surface area (Å²) >= 11 is 0. The number of aromatic amines is 1. The average molecular weight is 187 g/mol. The van der Waals surface area contributed by atoms with Crippen molar-refractivity contribution in [3.63, 3.8) is 0 Å². The first-order chi connectivity index (χ1) is 6.84. The Morgan fingerprint density at radius 2 is 2.29 bits per heavy atom. The molecule has 0 atom stereocenters. The van der Waals surface area contributed by atoms with Gasteiger partial charge >= 0.3 is 0 Å². The Kier molecular flexibility index (Phi) is 1.48. The highest BCUT2D eigenvalue weighted by Gasteiger charge is 2.15. The molecule has 3 rings (SSSR count). The molecule has 2 aromatic rings. The molecule has 3 nitrogen and oxygen atoms in total. The fraction of sp³-hybridized carbons (Fsp3) is 0.273. The molecule has 2 heterocycles. The number of rotatable bonds is 1. The topological polar surface area (TPSA) is 46.7 Å². The number of aryl methyl sites for hydroxylation is 2. The summed E-state index contributed by atoms with van der Waals surface area (Å²) < 4.78 is 1.65. The summed E-state index contributed by atoms with van der Waals surface area (Å²) in [5.74, 6) is 5.79. The molecule has 0 aromatic carbocycles. The van der Waals surface area contributed by atoms with Crippen LogP contribution in [0.25, 0.3) is 11.4 Å². The van der Waals surface area contributed by atoms with E-state index in [-0.39, 0.29) is 0 Å². The van der Waals surface area contributed by atoms with E-state index in [4.69, 9.17) is 5.84 Å². The van der Waals surface area contributed by atoms with Gasteiger partial charge in [-0.25, -0.2) is 0 Å². The van der Waals surface area contributed by atoms with Gasteiger partial charge in [-0.1, -0.05) is 0 Å². The molecule has 3 heteroatoms. The Labute approximate surface area is 82.5 Å². The molecule has 0 unspecified atom stereocenters. The largest absolute Gasteiger partial charge is 0.357 e. The normalized spacial score (nSPS) is 14.6. The first-order valence-corrected chi connectivity index (χ1v) is 4.98. The zero-order valence-electron chi connectivity index (χ0n) is 7.96. The minimum Gasteiger partial charge on any atom is -0.357 e. The van der Waals surface area contributed by atoms with Crippen molar-refractivity contribution < 1.29 is 0 Å². The summed E-state index contributed by atoms with van der Waals surface area (Å²) in [7, 11) is 0. The highest BCUT2D eigenvalue weighted by Crippen LogP contribution is 2.27. The Morgan fingerprint density at radius 3 is 3.00 bits per heavy atom. The standard InChI is InChI=1S/C11H13N3/c12-14-6-2-5-11(14)10-7-8-3-1-4-9(8)13-10/h2,5-7,13H,1,3-4,12H2. The van der Waals surface area contributed by atoms with Crippen molar-refractivity contribution in [2.24, 2.45) is 0 Å². The predicted octanol–water partition coefficient (Wildman–Crippen LogP) is 1.69. The molecule has 3 N–H and O–H groups in total. The minimum absolute atomic E-state index is 1.06. The number of H-pyrrole nitrogens is 1. The van der Waals surface area contributed by atoms with Gasteiger partial charge in [-0.2, -0.15) is 0 Å². The number of nitrogens with two attached hydrogens (primary N) is 1. The summed E-state index contributed by atoms with van der Waals surface area (Å²) in [6.45, 7) is 0. The molecule has 14 heavy (non-hydrogen) atoms. The van der Waals surface area contributed by atoms with Gasteiger partial charge in [0.2, 0.25) is 0 Å². The van der Waals surface area contributed by atoms with Crippen molar-refractivity contribution in [2.75, 3.05) is 5.84 Å². The predicted molar refractivity (Wildman–Crippen MR) is 56.4 cm³/mol. The smallest absolute Gasteiger partial charge is 0.0852 e. The quantitative estimate of drug-likeness (QED) is 0.656. The minimum atomic E-state index is 1.06. The molecular weight excluding hydrogens is 174 g/mol. The number of nitrogen functional groups attached to an aromatic ring is 1. The molecule has 0 aliphatic heterocycles. The number of nitrogens with one attached hydrogen (secondary N) is 1. The van der Waals surface area contributed by atoms with Crippen molar-refractivity contribution in [1.29, 1.82) is 0 Å². The van der Waals surface area contributed by atoms with E-state index in [1.54, 1.807) is 4.68 Å². The Morgan fingerprint density at radius 1 is 1.36 bits per heavy atom. The lowest BCUT2D eigenvalue weighted by atomic mass is 10.2. The van der Waals surface area contributed by atoms with Gasteiger partial charge in [0, 0.05) is 11.9 Å². The van der Waals surface area contributed by atoms with E-state index >= 15 is 0 Å². The molecule has 72 valence electrons. The maximum Gasteiger partial charge on any atom is 0.0852 e. The van der Waals surface area contributed by atoms with E-state index in [1.165, 1.54) is 30.5 Å². The van der Waals surface area contributed by atoms with Crippen LogP contribution in [0.1, 0.15) is 17.7 Å². The van der Waals surface area contributed by atoms with Gasteiger partial charge in [0.05, 0.1) is 11.4 Å². The molecule has 0 radical (unpaired) electrons. The zero-order valence-corrected chi connectivity index (χ0v) is 7.96. The van der Waals surface area contributed by atoms with E-state index in [0.717, 1.165) is 11.4 Å². The highest BCUT2D eigenvalue weighted by molar-refractivity contribution is 5.58. The number of fused-ring (bicyclic) bond motifs is 1. The van der Waals surface area contributed by atoms with E-state index in [1.807, 2.05) is 18.3 Å². The molecule has 1 aliphatic rings. The fourth-order valence-electron chi connectivity index (χ4n) is 2.20. The summed E-state index contributed by atoms with van der Waals surface area (Å²) in [5, 5.41) is 0. The van der Waals surface area contributed by atoms with Crippen LogP contribution in [-0.4, -0.2) is 9.66 Å². The number of hydrogen-bond donors (Lipinski definition) is 2. The van der Waals surface area contributed by atoms with Crippen LogP contribution in [0, 0.1) is 0 Å². The van der Waals surface area contributed by atoms with Gasteiger partial charge in [-0.05, 0) is 43.0 Å². The number of aromatic nitrogens is 2. The van der Waals surface area contributed by atoms with Crippen LogP contribution >= 0.6 is 0 Å². The summed E-state index contributed by atoms with van der Waals surface area (Å²) in [4.78, 5) is 3.44. The number of hydrogen-bond acceptors (Lipinski definition) is 1. The molecule has 0 saturated carbocycles. The van der Waals surface area contributed by atoms with Crippen molar-refractivity contribution in [2.45, 2.75) is 19.3 Å². The molecule has 0 saturated heterocycles. The van der Waals surface area contributed by atoms with Crippen LogP contribution in [0.3, 0.4) is 0 Å². The first-order valence-electron chi connectivity index (χ1n) is 4.98. The maximum atomic E-state index is 5.79. The highest BCUT2D eigenvalue weighted by atomic mass is 15.3. The molecule has 0 fully saturated rings. The van der Waals surface area contributed by atoms with Crippen molar-refractivity contribution in [1.82, 2.24) is 9.66 Å². The van der Waals surface area contributed by atoms with Gasteiger partial charge in [-0.15, -0.1) is 0 Å². The van der Waals surface area contributed by atoms with Crippen LogP contribution in [0.15, 0.2) is 24.4 Å². The van der Waals surface area contributed by atoms with Gasteiger partial charge in [0.15, 0.2) is 0 Å². The van der Waals surface area contributed by atoms with Gasteiger partial charge in [-0.3, -0.25) is 4.68 Å². The third-order valence-corrected chi connectivity index (χ3v) is 2.92. The zero-order chi connectivity index (χ0) is 9.54. The average Bonchev–Trinajstić information content (AvgIpc) is 2.75. The maximum absolute atomic E-state index is 5.79. The first kappa shape index (κ1) is 7.74. The molecular formula is C11H13N3. The summed E-state index contributed by atoms with van der Waals surface area (Å²) in [6, 6.07) is 6.21. The van der Waals surface area contributed by atoms with Crippen LogP contribution in [0.2, 0.25) is 0 Å². The lowest BCUT2D eigenvalue weighted by Crippen LogP contribution is -2.07. The summed E-state index contributed by atoms with van der Waals surface area (Å²) in [5.41, 5.74) is 5.05. The van der Waals surface area contributed by atoms with E-state index in [2.05, 4.69) is 11.1 Å². The molecule has 1 aliphatic carbocycles. The van der Waals surface area contributed by atoms with Gasteiger partial charge < -0.3 is 10.8 Å². The van der Waals surface area contributed by atoms with Gasteiger partial charge in [0.1, 0.15) is 0 Å². The lowest BCUT2D eigenvalue weighted by Gasteiger charge is -2.00. The van der Waals surface area contributed by atoms with Crippen LogP contribution in [0.4, 0.5) is 0 Å². The van der Waals surface area contributed by atoms with Crippen LogP contribution in [0.5, 0.6) is 0 Å². The Hall–Kier alpha value is -1.64. The monoisotopic (exact) mass is 187 g/mol. The molecule has 0 spiro atoms. The van der Waals surface area contributed by atoms with Gasteiger partial charge in [0.25, 0.3) is 0 Å². The lowest BCUT2D eigenvalue weighted by molar-refractivity contribution is 0.892. The number of nitrogens with zero attached hydrogens (tertiary/aromatic N) is 1. The summed E-state index contributed by atoms with van der Waals surface area (Å²) in [6.07, 6.45) is 5.53. The second kappa shape index (κ2) is 2.67. The second-order valence-electron chi connectivity index (χ2n) is 3.84. The molecule has 0 bridgehead atoms. The Balaban J connectivity index is 2.09. The van der Waals surface area contributed by atoms with E-state index < -0.39 is 0 Å². The van der Waals surface area contributed by atoms with Crippen LogP contribution in [-0.2, 0) is 12.8 Å². The van der Waals surface area contributed by atoms with Crippen molar-refractivity contribution in [3.05, 3.63) is 35.7 Å². The van der Waals surface area contributed by atoms with Crippen molar-refractivity contribution >= 4 is 0 Å². The SMILES string of the molecule is Nn1cccc1-c1cc2c([nH]1)CCC2. The van der Waals surface area contributed by atoms with E-state index in [0.29, 0.717) is 0 Å². The third kappa shape index (κ3) is 0.985. The molecule has 2 aromatic heterocycles. The third-order valence-electron chi connectivity index (χ3n) is 2.92. The Bertz CT molecular complexity index is 443. The van der Waals surface area contributed by atoms with Crippen LogP contribution < -0.4 is 5.84 Å². The van der Waals surface area contributed by atoms with E-state index in [9.17, 15) is 0 Å². The fourth-order valence-corrected chi connectivity index (χ4v) is 2.20. The molecule has 0 amide bonds.